The van der Waals surface area contributed by atoms with Crippen molar-refractivity contribution in [3.63, 3.8) is 0 Å². The maximum atomic E-state index is 10.2. The number of ether oxygens (including phenoxy) is 2. The van der Waals surface area contributed by atoms with E-state index in [0.29, 0.717) is 11.5 Å². The normalized spacial score (nSPS) is 8.90. The third-order valence-electron chi connectivity index (χ3n) is 1.88. The molecule has 0 saturated heterocycles. The van der Waals surface area contributed by atoms with Gasteiger partial charge in [-0.05, 0) is 24.3 Å². The monoisotopic (exact) mass is 312 g/mol. The van der Waals surface area contributed by atoms with Crippen LogP contribution in [0.2, 0.25) is 0 Å². The summed E-state index contributed by atoms with van der Waals surface area (Å²) < 4.78 is 9.08. The zero-order chi connectivity index (χ0) is 14.8. The topological polar surface area (TPSA) is 52.6 Å². The molecule has 0 bridgehead atoms. The molecule has 0 atom stereocenters. The Balaban J connectivity index is 0.000000200. The molecule has 2 aromatic carbocycles. The van der Waals surface area contributed by atoms with Gasteiger partial charge in [-0.15, -0.1) is 0 Å². The molecule has 6 heteroatoms. The summed E-state index contributed by atoms with van der Waals surface area (Å²) in [6, 6.07) is 17.3. The van der Waals surface area contributed by atoms with Crippen LogP contribution in [0.25, 0.3) is 0 Å². The molecule has 2 rings (SSSR count). The summed E-state index contributed by atoms with van der Waals surface area (Å²) in [6.45, 7) is 0. The van der Waals surface area contributed by atoms with Crippen LogP contribution in [-0.2, 0) is 0 Å². The second kappa shape index (κ2) is 8.96. The largest absolute Gasteiger partial charge is 0.415 e. The Hall–Kier alpha value is -2.04. The van der Waals surface area contributed by atoms with Crippen molar-refractivity contribution < 1.29 is 19.1 Å². The van der Waals surface area contributed by atoms with Gasteiger partial charge < -0.3 is 9.47 Å². The molecule has 104 valence electrons. The molecule has 0 aliphatic rings. The standard InChI is InChI=1S/2C7H5ClO2/c2*8-7(9)10-6-4-2-1-3-5-6/h2*1-5H. The molecule has 2 aromatic rings. The minimum atomic E-state index is -0.814. The lowest BCUT2D eigenvalue weighted by Crippen LogP contribution is -1.94. The van der Waals surface area contributed by atoms with Gasteiger partial charge in [0, 0.05) is 23.2 Å². The highest BCUT2D eigenvalue weighted by Crippen LogP contribution is 2.09. The van der Waals surface area contributed by atoms with Crippen LogP contribution in [0.3, 0.4) is 0 Å². The molecule has 0 aliphatic carbocycles. The van der Waals surface area contributed by atoms with Crippen molar-refractivity contribution in [3.8, 4) is 11.5 Å². The predicted molar refractivity (Wildman–Crippen MR) is 76.6 cm³/mol. The van der Waals surface area contributed by atoms with Crippen LogP contribution in [0.1, 0.15) is 0 Å². The van der Waals surface area contributed by atoms with Crippen LogP contribution in [0.4, 0.5) is 9.59 Å². The van der Waals surface area contributed by atoms with E-state index in [1.54, 1.807) is 48.5 Å². The Kier molecular flexibility index (Phi) is 7.17. The molecule has 0 aliphatic heterocycles. The zero-order valence-corrected chi connectivity index (χ0v) is 11.7. The molecule has 20 heavy (non-hydrogen) atoms. The molecule has 0 heterocycles. The Labute approximate surface area is 125 Å². The summed E-state index contributed by atoms with van der Waals surface area (Å²) >= 11 is 9.90. The third kappa shape index (κ3) is 7.41. The maximum absolute atomic E-state index is 10.2. The molecular formula is C14H10Cl2O4. The van der Waals surface area contributed by atoms with Gasteiger partial charge in [0.25, 0.3) is 0 Å². The maximum Gasteiger partial charge on any atom is 0.409 e. The van der Waals surface area contributed by atoms with Crippen molar-refractivity contribution in [1.82, 2.24) is 0 Å². The first kappa shape index (κ1) is 16.0. The van der Waals surface area contributed by atoms with Gasteiger partial charge in [0.05, 0.1) is 0 Å². The molecule has 0 fully saturated rings. The van der Waals surface area contributed by atoms with Crippen molar-refractivity contribution in [2.24, 2.45) is 0 Å². The number of hydrogen-bond donors (Lipinski definition) is 0. The number of hydrogen-bond acceptors (Lipinski definition) is 4. The van der Waals surface area contributed by atoms with E-state index < -0.39 is 10.9 Å². The molecular weight excluding hydrogens is 303 g/mol. The summed E-state index contributed by atoms with van der Waals surface area (Å²) in [5.41, 5.74) is -1.63. The van der Waals surface area contributed by atoms with Gasteiger partial charge in [-0.1, -0.05) is 36.4 Å². The predicted octanol–water partition coefficient (Wildman–Crippen LogP) is 4.85. The number of rotatable bonds is 2. The summed E-state index contributed by atoms with van der Waals surface area (Å²) in [7, 11) is 0. The molecule has 0 N–H and O–H groups in total. The molecule has 0 amide bonds. The van der Waals surface area contributed by atoms with Crippen LogP contribution >= 0.6 is 23.2 Å². The fourth-order valence-electron chi connectivity index (χ4n) is 1.16. The quantitative estimate of drug-likeness (QED) is 0.744. The van der Waals surface area contributed by atoms with Crippen LogP contribution in [0.15, 0.2) is 60.7 Å². The van der Waals surface area contributed by atoms with E-state index in [4.69, 9.17) is 23.2 Å². The number of benzene rings is 2. The molecule has 4 nitrogen and oxygen atoms in total. The number of carbonyl (C=O) groups excluding carboxylic acids is 2. The second-order valence-corrected chi connectivity index (χ2v) is 3.92. The Morgan fingerprint density at radius 2 is 0.950 bits per heavy atom. The highest BCUT2D eigenvalue weighted by molar-refractivity contribution is 6.61. The fraction of sp³-hybridized carbons (Fsp3) is 0. The minimum absolute atomic E-state index is 0.461. The van der Waals surface area contributed by atoms with Crippen molar-refractivity contribution in [2.75, 3.05) is 0 Å². The average Bonchev–Trinajstić information content (AvgIpc) is 2.40. The van der Waals surface area contributed by atoms with Crippen LogP contribution in [-0.4, -0.2) is 10.9 Å². The summed E-state index contributed by atoms with van der Waals surface area (Å²) in [4.78, 5) is 20.3. The average molecular weight is 313 g/mol. The first-order valence-corrected chi connectivity index (χ1v) is 6.18. The van der Waals surface area contributed by atoms with Crippen molar-refractivity contribution in [1.29, 1.82) is 0 Å². The fourth-order valence-corrected chi connectivity index (χ4v) is 1.34. The Morgan fingerprint density at radius 1 is 0.650 bits per heavy atom. The van der Waals surface area contributed by atoms with Gasteiger partial charge >= 0.3 is 10.9 Å². The lowest BCUT2D eigenvalue weighted by Gasteiger charge is -1.95. The molecule has 0 radical (unpaired) electrons. The van der Waals surface area contributed by atoms with Crippen molar-refractivity contribution in [3.05, 3.63) is 60.7 Å². The third-order valence-corrected chi connectivity index (χ3v) is 2.04. The number of halogens is 2. The van der Waals surface area contributed by atoms with Gasteiger partial charge in [-0.2, -0.15) is 0 Å². The SMILES string of the molecule is O=C(Cl)Oc1ccccc1.O=C(Cl)Oc1ccccc1. The summed E-state index contributed by atoms with van der Waals surface area (Å²) in [5, 5.41) is 0. The van der Waals surface area contributed by atoms with Crippen molar-refractivity contribution >= 4 is 34.1 Å². The van der Waals surface area contributed by atoms with Gasteiger partial charge in [-0.3, -0.25) is 0 Å². The van der Waals surface area contributed by atoms with E-state index in [2.05, 4.69) is 9.47 Å². The van der Waals surface area contributed by atoms with E-state index in [1.165, 1.54) is 0 Å². The van der Waals surface area contributed by atoms with E-state index in [-0.39, 0.29) is 0 Å². The first-order chi connectivity index (χ1) is 9.58. The Morgan fingerprint density at radius 3 is 1.20 bits per heavy atom. The van der Waals surface area contributed by atoms with E-state index >= 15 is 0 Å². The van der Waals surface area contributed by atoms with Gasteiger partial charge in [0.2, 0.25) is 0 Å². The molecule has 0 saturated carbocycles. The van der Waals surface area contributed by atoms with Crippen LogP contribution < -0.4 is 9.47 Å². The second-order valence-electron chi connectivity index (χ2n) is 3.31. The smallest absolute Gasteiger partial charge is 0.409 e. The highest BCUT2D eigenvalue weighted by Gasteiger charge is 1.96. The van der Waals surface area contributed by atoms with Crippen molar-refractivity contribution in [2.45, 2.75) is 0 Å². The van der Waals surface area contributed by atoms with Crippen LogP contribution in [0.5, 0.6) is 11.5 Å². The van der Waals surface area contributed by atoms with E-state index in [0.717, 1.165) is 0 Å². The van der Waals surface area contributed by atoms with Gasteiger partial charge in [-0.25, -0.2) is 9.59 Å². The van der Waals surface area contributed by atoms with E-state index in [1.807, 2.05) is 12.1 Å². The number of carbonyl (C=O) groups is 2. The number of para-hydroxylation sites is 2. The highest BCUT2D eigenvalue weighted by atomic mass is 35.5. The minimum Gasteiger partial charge on any atom is -0.415 e. The lowest BCUT2D eigenvalue weighted by atomic mass is 10.3. The van der Waals surface area contributed by atoms with E-state index in [9.17, 15) is 9.59 Å². The van der Waals surface area contributed by atoms with Gasteiger partial charge in [0.1, 0.15) is 11.5 Å². The molecule has 0 spiro atoms. The summed E-state index contributed by atoms with van der Waals surface area (Å²) in [6.07, 6.45) is 0. The Bertz CT molecular complexity index is 492. The molecule has 0 aromatic heterocycles. The summed E-state index contributed by atoms with van der Waals surface area (Å²) in [5.74, 6) is 0.921. The first-order valence-electron chi connectivity index (χ1n) is 5.42. The van der Waals surface area contributed by atoms with Crippen LogP contribution in [0, 0.1) is 0 Å². The zero-order valence-electron chi connectivity index (χ0n) is 10.2. The lowest BCUT2D eigenvalue weighted by molar-refractivity contribution is 0.224. The molecule has 0 unspecified atom stereocenters. The van der Waals surface area contributed by atoms with Gasteiger partial charge in [0.15, 0.2) is 0 Å².